The van der Waals surface area contributed by atoms with Gasteiger partial charge in [0.2, 0.25) is 0 Å². The van der Waals surface area contributed by atoms with Gasteiger partial charge in [-0.15, -0.1) is 11.6 Å². The Labute approximate surface area is 97.3 Å². The summed E-state index contributed by atoms with van der Waals surface area (Å²) < 4.78 is 37.4. The van der Waals surface area contributed by atoms with E-state index in [1.807, 2.05) is 0 Å². The minimum atomic E-state index is -4.92. The van der Waals surface area contributed by atoms with Crippen LogP contribution >= 0.6 is 11.6 Å². The van der Waals surface area contributed by atoms with Crippen molar-refractivity contribution in [3.63, 3.8) is 0 Å². The van der Waals surface area contributed by atoms with Crippen molar-refractivity contribution in [1.29, 1.82) is 0 Å². The molecule has 2 unspecified atom stereocenters. The van der Waals surface area contributed by atoms with Crippen molar-refractivity contribution in [2.75, 3.05) is 0 Å². The maximum absolute atomic E-state index is 12.5. The summed E-state index contributed by atoms with van der Waals surface area (Å²) in [6, 6.07) is 0. The standard InChI is InChI=1S/C8H5ClF3NO4/c9-5-4(8(10,11)12)2-1-3-7(5,6(14)15)13(16)17/h1-3,5H,(H,14,15). The lowest BCUT2D eigenvalue weighted by Gasteiger charge is -2.27. The first-order valence-electron chi connectivity index (χ1n) is 4.12. The molecule has 0 fully saturated rings. The number of carbonyl (C=O) groups is 1. The number of carboxylic acids is 1. The number of hydrogen-bond acceptors (Lipinski definition) is 3. The average Bonchev–Trinajstić information content (AvgIpc) is 2.15. The van der Waals surface area contributed by atoms with E-state index in [1.165, 1.54) is 0 Å². The summed E-state index contributed by atoms with van der Waals surface area (Å²) in [6.45, 7) is 0. The molecule has 5 nitrogen and oxygen atoms in total. The van der Waals surface area contributed by atoms with E-state index in [1.54, 1.807) is 0 Å². The fourth-order valence-electron chi connectivity index (χ4n) is 1.35. The number of nitro groups is 1. The Morgan fingerprint density at radius 3 is 2.47 bits per heavy atom. The molecule has 0 saturated heterocycles. The third-order valence-corrected chi connectivity index (χ3v) is 2.83. The molecule has 0 bridgehead atoms. The van der Waals surface area contributed by atoms with Gasteiger partial charge in [-0.3, -0.25) is 10.1 Å². The maximum Gasteiger partial charge on any atom is 0.414 e. The highest BCUT2D eigenvalue weighted by Gasteiger charge is 2.61. The lowest BCUT2D eigenvalue weighted by atomic mass is 9.86. The van der Waals surface area contributed by atoms with Crippen LogP contribution in [0, 0.1) is 10.1 Å². The van der Waals surface area contributed by atoms with Crippen molar-refractivity contribution in [2.24, 2.45) is 0 Å². The number of allylic oxidation sites excluding steroid dienone is 2. The normalized spacial score (nSPS) is 28.7. The van der Waals surface area contributed by atoms with Gasteiger partial charge in [-0.25, -0.2) is 4.79 Å². The fraction of sp³-hybridized carbons (Fsp3) is 0.375. The first-order valence-corrected chi connectivity index (χ1v) is 4.56. The Kier molecular flexibility index (Phi) is 3.19. The highest BCUT2D eigenvalue weighted by atomic mass is 35.5. The highest BCUT2D eigenvalue weighted by Crippen LogP contribution is 2.40. The molecule has 94 valence electrons. The summed E-state index contributed by atoms with van der Waals surface area (Å²) in [5.74, 6) is -2.05. The van der Waals surface area contributed by atoms with E-state index in [2.05, 4.69) is 0 Å². The summed E-state index contributed by atoms with van der Waals surface area (Å²) >= 11 is 5.32. The van der Waals surface area contributed by atoms with E-state index < -0.39 is 33.6 Å². The summed E-state index contributed by atoms with van der Waals surface area (Å²) in [5.41, 5.74) is -4.46. The van der Waals surface area contributed by atoms with Crippen molar-refractivity contribution >= 4 is 17.6 Å². The van der Waals surface area contributed by atoms with Gasteiger partial charge in [0.1, 0.15) is 5.38 Å². The Balaban J connectivity index is 3.34. The molecule has 0 saturated carbocycles. The minimum Gasteiger partial charge on any atom is -0.476 e. The van der Waals surface area contributed by atoms with Crippen LogP contribution in [0.5, 0.6) is 0 Å². The Morgan fingerprint density at radius 1 is 1.59 bits per heavy atom. The highest BCUT2D eigenvalue weighted by molar-refractivity contribution is 6.25. The minimum absolute atomic E-state index is 0.516. The quantitative estimate of drug-likeness (QED) is 0.471. The molecule has 1 aliphatic carbocycles. The van der Waals surface area contributed by atoms with Gasteiger partial charge < -0.3 is 5.11 Å². The van der Waals surface area contributed by atoms with E-state index in [0.717, 1.165) is 0 Å². The molecular formula is C8H5ClF3NO4. The van der Waals surface area contributed by atoms with Crippen LogP contribution in [-0.4, -0.2) is 33.1 Å². The van der Waals surface area contributed by atoms with Crippen LogP contribution < -0.4 is 0 Å². The maximum atomic E-state index is 12.5. The average molecular weight is 272 g/mol. The summed E-state index contributed by atoms with van der Waals surface area (Å²) in [4.78, 5) is 20.2. The predicted octanol–water partition coefficient (Wildman–Crippen LogP) is 1.75. The van der Waals surface area contributed by atoms with Gasteiger partial charge >= 0.3 is 17.7 Å². The molecule has 0 heterocycles. The van der Waals surface area contributed by atoms with Crippen LogP contribution in [-0.2, 0) is 4.79 Å². The third kappa shape index (κ3) is 1.99. The molecule has 1 N–H and O–H groups in total. The molecule has 9 heteroatoms. The first-order chi connectivity index (χ1) is 7.64. The van der Waals surface area contributed by atoms with E-state index in [-0.39, 0.29) is 0 Å². The number of halogens is 4. The molecule has 1 rings (SSSR count). The van der Waals surface area contributed by atoms with Crippen LogP contribution in [0.25, 0.3) is 0 Å². The van der Waals surface area contributed by atoms with Gasteiger partial charge in [0.05, 0.1) is 5.57 Å². The second kappa shape index (κ2) is 4.02. The molecular weight excluding hydrogens is 267 g/mol. The summed E-state index contributed by atoms with van der Waals surface area (Å²) in [6.07, 6.45) is -3.21. The number of nitrogens with zero attached hydrogens (tertiary/aromatic N) is 1. The van der Waals surface area contributed by atoms with Crippen molar-refractivity contribution in [3.05, 3.63) is 33.9 Å². The molecule has 0 aliphatic heterocycles. The molecule has 1 aliphatic rings. The largest absolute Gasteiger partial charge is 0.476 e. The fourth-order valence-corrected chi connectivity index (χ4v) is 1.80. The van der Waals surface area contributed by atoms with E-state index in [9.17, 15) is 28.1 Å². The zero-order chi connectivity index (χ0) is 13.4. The van der Waals surface area contributed by atoms with Crippen LogP contribution in [0.1, 0.15) is 0 Å². The van der Waals surface area contributed by atoms with Crippen LogP contribution in [0.3, 0.4) is 0 Å². The van der Waals surface area contributed by atoms with Gasteiger partial charge in [0.15, 0.2) is 0 Å². The monoisotopic (exact) mass is 271 g/mol. The lowest BCUT2D eigenvalue weighted by molar-refractivity contribution is -0.540. The molecule has 0 spiro atoms. The summed E-state index contributed by atoms with van der Waals surface area (Å²) in [5, 5.41) is 17.1. The lowest BCUT2D eigenvalue weighted by Crippen LogP contribution is -2.55. The van der Waals surface area contributed by atoms with E-state index >= 15 is 0 Å². The Hall–Kier alpha value is -1.57. The van der Waals surface area contributed by atoms with Crippen LogP contribution in [0.15, 0.2) is 23.8 Å². The van der Waals surface area contributed by atoms with E-state index in [0.29, 0.717) is 18.2 Å². The van der Waals surface area contributed by atoms with Gasteiger partial charge in [-0.2, -0.15) is 13.2 Å². The number of alkyl halides is 4. The Bertz CT molecular complexity index is 415. The number of hydrogen-bond donors (Lipinski definition) is 1. The summed E-state index contributed by atoms with van der Waals surface area (Å²) in [7, 11) is 0. The smallest absolute Gasteiger partial charge is 0.414 e. The topological polar surface area (TPSA) is 80.4 Å². The predicted molar refractivity (Wildman–Crippen MR) is 50.3 cm³/mol. The number of aliphatic carboxylic acids is 1. The van der Waals surface area contributed by atoms with Crippen molar-refractivity contribution < 1.29 is 28.0 Å². The molecule has 17 heavy (non-hydrogen) atoms. The number of rotatable bonds is 2. The molecule has 0 radical (unpaired) electrons. The van der Waals surface area contributed by atoms with Crippen LogP contribution in [0.2, 0.25) is 0 Å². The van der Waals surface area contributed by atoms with Crippen molar-refractivity contribution in [2.45, 2.75) is 17.1 Å². The van der Waals surface area contributed by atoms with Gasteiger partial charge in [0, 0.05) is 11.0 Å². The zero-order valence-electron chi connectivity index (χ0n) is 7.94. The first kappa shape index (κ1) is 13.5. The zero-order valence-corrected chi connectivity index (χ0v) is 8.70. The number of carboxylic acid groups (broad SMARTS) is 1. The molecule has 2 atom stereocenters. The van der Waals surface area contributed by atoms with Gasteiger partial charge in [-0.1, -0.05) is 12.2 Å². The second-order valence-electron chi connectivity index (χ2n) is 3.23. The van der Waals surface area contributed by atoms with Crippen molar-refractivity contribution in [3.8, 4) is 0 Å². The molecule has 0 aromatic rings. The third-order valence-electron chi connectivity index (χ3n) is 2.26. The van der Waals surface area contributed by atoms with Crippen LogP contribution in [0.4, 0.5) is 13.2 Å². The SMILES string of the molecule is O=C(O)C1([N+](=O)[O-])C=CC=C(C(F)(F)F)C1Cl. The Morgan fingerprint density at radius 2 is 2.12 bits per heavy atom. The molecule has 0 aromatic heterocycles. The second-order valence-corrected chi connectivity index (χ2v) is 3.67. The van der Waals surface area contributed by atoms with Gasteiger partial charge in [0.25, 0.3) is 0 Å². The van der Waals surface area contributed by atoms with E-state index in [4.69, 9.17) is 16.7 Å². The van der Waals surface area contributed by atoms with Crippen molar-refractivity contribution in [1.82, 2.24) is 0 Å². The van der Waals surface area contributed by atoms with Gasteiger partial charge in [-0.05, 0) is 0 Å². The molecule has 0 amide bonds. The molecule has 0 aromatic carbocycles.